The molecule has 1 aromatic carbocycles. The molecule has 0 radical (unpaired) electrons. The first-order valence-electron chi connectivity index (χ1n) is 12.1. The van der Waals surface area contributed by atoms with Crippen LogP contribution in [-0.2, 0) is 0 Å². The first kappa shape index (κ1) is 30.9. The number of nitrogens with one attached hydrogen (secondary N) is 2. The summed E-state index contributed by atoms with van der Waals surface area (Å²) in [5, 5.41) is 15.7. The number of benzene rings is 1. The number of allylic oxidation sites excluding steroid dienone is 4. The number of phenols is 1. The fourth-order valence-electron chi connectivity index (χ4n) is 3.01. The van der Waals surface area contributed by atoms with Crippen LogP contribution in [0.4, 0.5) is 9.18 Å². The number of rotatable bonds is 9. The zero-order valence-corrected chi connectivity index (χ0v) is 21.7. The van der Waals surface area contributed by atoms with Crippen molar-refractivity contribution in [3.05, 3.63) is 64.3 Å². The van der Waals surface area contributed by atoms with Crippen LogP contribution in [0.25, 0.3) is 0 Å². The summed E-state index contributed by atoms with van der Waals surface area (Å²) < 4.78 is 13.4. The van der Waals surface area contributed by atoms with Gasteiger partial charge in [-0.2, -0.15) is 0 Å². The van der Waals surface area contributed by atoms with Crippen molar-refractivity contribution in [2.24, 2.45) is 5.73 Å². The van der Waals surface area contributed by atoms with E-state index in [1.165, 1.54) is 12.1 Å². The fourth-order valence-corrected chi connectivity index (χ4v) is 3.01. The smallest absolute Gasteiger partial charge is 0.316 e. The molecule has 190 valence electrons. The van der Waals surface area contributed by atoms with Crippen LogP contribution in [0.3, 0.4) is 0 Å². The Kier molecular flexibility index (Phi) is 15.0. The Morgan fingerprint density at radius 3 is 2.21 bits per heavy atom. The van der Waals surface area contributed by atoms with Crippen molar-refractivity contribution in [2.75, 3.05) is 6.54 Å². The Bertz CT molecular complexity index is 901. The van der Waals surface area contributed by atoms with Crippen molar-refractivity contribution in [1.82, 2.24) is 10.6 Å². The minimum absolute atomic E-state index is 0.106. The van der Waals surface area contributed by atoms with Gasteiger partial charge in [0, 0.05) is 29.9 Å². The molecule has 1 aliphatic carbocycles. The highest BCUT2D eigenvalue weighted by Crippen LogP contribution is 2.46. The molecule has 1 aromatic rings. The standard InChI is InChI=1S/C13H23N3O.C12H13FO2.C2H6/c1-5-10(4)12(16-13(14)17)9-8-11(6-2)15-7-3;1-2-10(14)8-5-6-9(13)11(12(8)15)7-3-4-7;1-2/h6,8-9,15H,5,7H2,1-4H3,(H3,14,16,17);5-7,15H,2-4H2,1H3;1-2H3/b9-8-,11-6+,12-10?;;. The third kappa shape index (κ3) is 10.2. The van der Waals surface area contributed by atoms with Gasteiger partial charge in [-0.3, -0.25) is 4.79 Å². The van der Waals surface area contributed by atoms with E-state index in [0.29, 0.717) is 12.0 Å². The summed E-state index contributed by atoms with van der Waals surface area (Å²) in [5.74, 6) is -0.587. The second-order valence-electron chi connectivity index (χ2n) is 7.55. The highest BCUT2D eigenvalue weighted by molar-refractivity contribution is 5.98. The molecule has 7 heteroatoms. The molecule has 0 heterocycles. The molecule has 1 fully saturated rings. The van der Waals surface area contributed by atoms with E-state index in [-0.39, 0.29) is 23.0 Å². The lowest BCUT2D eigenvalue weighted by Crippen LogP contribution is -2.28. The molecule has 2 rings (SSSR count). The van der Waals surface area contributed by atoms with Gasteiger partial charge < -0.3 is 21.5 Å². The molecule has 0 aromatic heterocycles. The lowest BCUT2D eigenvalue weighted by atomic mass is 10.0. The van der Waals surface area contributed by atoms with Crippen LogP contribution in [0.15, 0.2) is 47.3 Å². The lowest BCUT2D eigenvalue weighted by molar-refractivity contribution is 0.0985. The summed E-state index contributed by atoms with van der Waals surface area (Å²) >= 11 is 0. The highest BCUT2D eigenvalue weighted by atomic mass is 19.1. The van der Waals surface area contributed by atoms with Crippen molar-refractivity contribution in [2.45, 2.75) is 80.1 Å². The molecule has 6 nitrogen and oxygen atoms in total. The number of carbonyl (C=O) groups is 2. The number of halogens is 1. The number of carbonyl (C=O) groups excluding carboxylic acids is 2. The number of nitrogens with two attached hydrogens (primary N) is 1. The highest BCUT2D eigenvalue weighted by Gasteiger charge is 2.31. The van der Waals surface area contributed by atoms with Crippen LogP contribution < -0.4 is 16.4 Å². The van der Waals surface area contributed by atoms with E-state index in [9.17, 15) is 19.1 Å². The van der Waals surface area contributed by atoms with Crippen LogP contribution >= 0.6 is 0 Å². The third-order valence-electron chi connectivity index (χ3n) is 5.14. The van der Waals surface area contributed by atoms with Gasteiger partial charge in [-0.1, -0.05) is 33.8 Å². The monoisotopic (exact) mass is 475 g/mol. The summed E-state index contributed by atoms with van der Waals surface area (Å²) in [5.41, 5.74) is 8.58. The number of amides is 2. The van der Waals surface area contributed by atoms with E-state index in [2.05, 4.69) is 10.6 Å². The number of aromatic hydroxyl groups is 1. The SMILES string of the molecule is C/C=C(\C=C/C(NC(N)=O)=C(C)CC)NCC.CC.CCC(=O)c1ccc(F)c(C2CC2)c1O. The van der Waals surface area contributed by atoms with Crippen LogP contribution in [0.1, 0.15) is 96.0 Å². The summed E-state index contributed by atoms with van der Waals surface area (Å²) in [6.07, 6.45) is 8.75. The van der Waals surface area contributed by atoms with Gasteiger partial charge in [0.25, 0.3) is 0 Å². The number of ketones is 1. The third-order valence-corrected chi connectivity index (χ3v) is 5.14. The predicted molar refractivity (Wildman–Crippen MR) is 138 cm³/mol. The molecule has 0 spiro atoms. The first-order valence-corrected chi connectivity index (χ1v) is 12.1. The van der Waals surface area contributed by atoms with E-state index in [1.54, 1.807) is 6.92 Å². The van der Waals surface area contributed by atoms with Gasteiger partial charge in [0.2, 0.25) is 0 Å². The summed E-state index contributed by atoms with van der Waals surface area (Å²) in [6.45, 7) is 14.6. The average Bonchev–Trinajstić information content (AvgIpc) is 3.66. The molecule has 34 heavy (non-hydrogen) atoms. The quantitative estimate of drug-likeness (QED) is 0.244. The van der Waals surface area contributed by atoms with Crippen LogP contribution in [-0.4, -0.2) is 23.5 Å². The summed E-state index contributed by atoms with van der Waals surface area (Å²) in [4.78, 5) is 22.3. The van der Waals surface area contributed by atoms with E-state index in [4.69, 9.17) is 5.73 Å². The first-order chi connectivity index (χ1) is 16.2. The zero-order chi connectivity index (χ0) is 26.3. The van der Waals surface area contributed by atoms with Crippen LogP contribution in [0, 0.1) is 5.82 Å². The Morgan fingerprint density at radius 1 is 1.15 bits per heavy atom. The summed E-state index contributed by atoms with van der Waals surface area (Å²) in [6, 6.07) is 2.10. The van der Waals surface area contributed by atoms with Gasteiger partial charge in [-0.05, 0) is 75.8 Å². The number of primary amides is 1. The Balaban J connectivity index is 0.000000599. The Hall–Kier alpha value is -3.09. The Morgan fingerprint density at radius 2 is 1.76 bits per heavy atom. The largest absolute Gasteiger partial charge is 0.507 e. The van der Waals surface area contributed by atoms with Gasteiger partial charge >= 0.3 is 6.03 Å². The predicted octanol–water partition coefficient (Wildman–Crippen LogP) is 6.44. The van der Waals surface area contributed by atoms with Crippen molar-refractivity contribution in [3.8, 4) is 5.75 Å². The van der Waals surface area contributed by atoms with Crippen LogP contribution in [0.2, 0.25) is 0 Å². The fraction of sp³-hybridized carbons (Fsp3) is 0.481. The number of hydrogen-bond donors (Lipinski definition) is 4. The topological polar surface area (TPSA) is 104 Å². The van der Waals surface area contributed by atoms with Gasteiger partial charge in [-0.25, -0.2) is 9.18 Å². The van der Waals surface area contributed by atoms with Gasteiger partial charge in [0.1, 0.15) is 11.6 Å². The lowest BCUT2D eigenvalue weighted by Gasteiger charge is -2.08. The molecule has 1 saturated carbocycles. The zero-order valence-electron chi connectivity index (χ0n) is 21.7. The van der Waals surface area contributed by atoms with E-state index < -0.39 is 11.8 Å². The molecular weight excluding hydrogens is 433 g/mol. The molecule has 5 N–H and O–H groups in total. The number of Topliss-reactive ketones (excluding diaryl/α,β-unsaturated/α-hetero) is 1. The second kappa shape index (κ2) is 16.5. The molecule has 0 saturated heterocycles. The molecule has 0 bridgehead atoms. The van der Waals surface area contributed by atoms with Crippen molar-refractivity contribution >= 4 is 11.8 Å². The molecular formula is C27H42FN3O3. The van der Waals surface area contributed by atoms with E-state index in [0.717, 1.165) is 42.8 Å². The number of phenolic OH excluding ortho intramolecular Hbond substituents is 1. The molecule has 0 aliphatic heterocycles. The molecule has 0 atom stereocenters. The van der Waals surface area contributed by atoms with Crippen molar-refractivity contribution in [3.63, 3.8) is 0 Å². The maximum absolute atomic E-state index is 13.4. The molecule has 2 amide bonds. The van der Waals surface area contributed by atoms with E-state index in [1.807, 2.05) is 59.8 Å². The number of hydrogen-bond acceptors (Lipinski definition) is 4. The van der Waals surface area contributed by atoms with Gasteiger partial charge in [0.15, 0.2) is 5.78 Å². The van der Waals surface area contributed by atoms with Gasteiger partial charge in [0.05, 0.1) is 5.56 Å². The average molecular weight is 476 g/mol. The van der Waals surface area contributed by atoms with Crippen molar-refractivity contribution in [1.29, 1.82) is 0 Å². The Labute approximate surface area is 204 Å². The number of likely N-dealkylation sites (N-methyl/N-ethyl adjacent to an activating group) is 1. The molecule has 0 unspecified atom stereocenters. The minimum atomic E-state index is -0.539. The van der Waals surface area contributed by atoms with Crippen molar-refractivity contribution < 1.29 is 19.1 Å². The van der Waals surface area contributed by atoms with Gasteiger partial charge in [-0.15, -0.1) is 0 Å². The normalized spacial score (nSPS) is 13.7. The van der Waals surface area contributed by atoms with Crippen LogP contribution in [0.5, 0.6) is 5.75 Å². The maximum atomic E-state index is 13.4. The number of urea groups is 1. The minimum Gasteiger partial charge on any atom is -0.507 e. The maximum Gasteiger partial charge on any atom is 0.316 e. The second-order valence-corrected chi connectivity index (χ2v) is 7.55. The van der Waals surface area contributed by atoms with E-state index >= 15 is 0 Å². The summed E-state index contributed by atoms with van der Waals surface area (Å²) in [7, 11) is 0. The molecule has 1 aliphatic rings.